The van der Waals surface area contributed by atoms with Gasteiger partial charge in [0.1, 0.15) is 11.8 Å². The lowest BCUT2D eigenvalue weighted by atomic mass is 10.2. The number of methoxy groups -OCH3 is 1. The molecule has 7 nitrogen and oxygen atoms in total. The fourth-order valence-electron chi connectivity index (χ4n) is 1.77. The molecule has 0 radical (unpaired) electrons. The molecule has 0 saturated heterocycles. The smallest absolute Gasteiger partial charge is 0.338 e. The van der Waals surface area contributed by atoms with Crippen molar-refractivity contribution in [3.8, 4) is 5.75 Å². The van der Waals surface area contributed by atoms with E-state index in [4.69, 9.17) is 9.84 Å². The number of carbonyl (C=O) groups is 2. The summed E-state index contributed by atoms with van der Waals surface area (Å²) in [7, 11) is 1.51. The summed E-state index contributed by atoms with van der Waals surface area (Å²) < 4.78 is 6.45. The molecule has 1 aromatic carbocycles. The molecule has 0 aliphatic heterocycles. The maximum atomic E-state index is 12.2. The molecule has 21 heavy (non-hydrogen) atoms. The summed E-state index contributed by atoms with van der Waals surface area (Å²) in [5, 5.41) is 15.5. The van der Waals surface area contributed by atoms with Crippen molar-refractivity contribution in [2.45, 2.75) is 13.0 Å². The number of carboxylic acids is 1. The third-order valence-corrected chi connectivity index (χ3v) is 2.99. The van der Waals surface area contributed by atoms with Gasteiger partial charge in [-0.05, 0) is 19.1 Å². The summed E-state index contributed by atoms with van der Waals surface area (Å²) in [6.45, 7) is 1.63. The quantitative estimate of drug-likeness (QED) is 0.875. The van der Waals surface area contributed by atoms with Gasteiger partial charge >= 0.3 is 5.97 Å². The number of hydrogen-bond donors (Lipinski definition) is 2. The Morgan fingerprint density at radius 2 is 2.10 bits per heavy atom. The van der Waals surface area contributed by atoms with Crippen molar-refractivity contribution in [1.82, 2.24) is 9.78 Å². The Morgan fingerprint density at radius 3 is 2.71 bits per heavy atom. The molecule has 0 saturated carbocycles. The van der Waals surface area contributed by atoms with E-state index in [1.54, 1.807) is 31.2 Å². The van der Waals surface area contributed by atoms with Gasteiger partial charge in [0.15, 0.2) is 0 Å². The molecule has 110 valence electrons. The summed E-state index contributed by atoms with van der Waals surface area (Å²) in [5.74, 6) is -0.858. The van der Waals surface area contributed by atoms with Crippen LogP contribution in [0.4, 0.5) is 5.69 Å². The Morgan fingerprint density at radius 1 is 1.38 bits per heavy atom. The van der Waals surface area contributed by atoms with Gasteiger partial charge in [-0.2, -0.15) is 5.10 Å². The number of carbonyl (C=O) groups excluding carboxylic acids is 1. The van der Waals surface area contributed by atoms with E-state index in [0.717, 1.165) is 0 Å². The molecule has 7 heteroatoms. The van der Waals surface area contributed by atoms with Crippen LogP contribution in [-0.2, 0) is 4.79 Å². The normalized spacial score (nSPS) is 11.7. The van der Waals surface area contributed by atoms with Gasteiger partial charge in [-0.25, -0.2) is 4.79 Å². The van der Waals surface area contributed by atoms with E-state index in [2.05, 4.69) is 10.4 Å². The number of ether oxygens (including phenoxy) is 1. The average Bonchev–Trinajstić information content (AvgIpc) is 2.97. The summed E-state index contributed by atoms with van der Waals surface area (Å²) in [5.41, 5.74) is 0.578. The van der Waals surface area contributed by atoms with E-state index >= 15 is 0 Å². The molecule has 1 heterocycles. The van der Waals surface area contributed by atoms with Crippen LogP contribution in [0.1, 0.15) is 23.3 Å². The molecule has 1 unspecified atom stereocenters. The Kier molecular flexibility index (Phi) is 4.22. The van der Waals surface area contributed by atoms with Crippen LogP contribution < -0.4 is 10.1 Å². The fraction of sp³-hybridized carbons (Fsp3) is 0.214. The number of aromatic nitrogens is 2. The third kappa shape index (κ3) is 3.19. The van der Waals surface area contributed by atoms with Gasteiger partial charge in [-0.3, -0.25) is 9.48 Å². The summed E-state index contributed by atoms with van der Waals surface area (Å²) >= 11 is 0. The first-order valence-corrected chi connectivity index (χ1v) is 6.24. The zero-order chi connectivity index (χ0) is 15.4. The maximum absolute atomic E-state index is 12.2. The van der Waals surface area contributed by atoms with Crippen LogP contribution in [0, 0.1) is 0 Å². The highest BCUT2D eigenvalue weighted by Gasteiger charge is 2.18. The number of anilines is 1. The number of carboxylic acid groups (broad SMARTS) is 1. The number of nitrogens with one attached hydrogen (secondary N) is 1. The molecule has 2 rings (SSSR count). The molecule has 2 N–H and O–H groups in total. The molecule has 0 fully saturated rings. The molecular formula is C14H15N3O4. The largest absolute Gasteiger partial charge is 0.495 e. The van der Waals surface area contributed by atoms with Crippen molar-refractivity contribution in [3.05, 3.63) is 42.2 Å². The van der Waals surface area contributed by atoms with Gasteiger partial charge in [0, 0.05) is 6.20 Å². The van der Waals surface area contributed by atoms with Crippen molar-refractivity contribution < 1.29 is 19.4 Å². The molecule has 1 amide bonds. The second-order valence-corrected chi connectivity index (χ2v) is 4.38. The predicted molar refractivity (Wildman–Crippen MR) is 75.5 cm³/mol. The first kappa shape index (κ1) is 14.6. The molecule has 2 aromatic rings. The Labute approximate surface area is 121 Å². The lowest BCUT2D eigenvalue weighted by Crippen LogP contribution is -2.24. The molecule has 0 bridgehead atoms. The zero-order valence-corrected chi connectivity index (χ0v) is 11.6. The van der Waals surface area contributed by atoms with E-state index < -0.39 is 12.0 Å². The van der Waals surface area contributed by atoms with E-state index in [9.17, 15) is 9.59 Å². The first-order valence-electron chi connectivity index (χ1n) is 6.24. The second-order valence-electron chi connectivity index (χ2n) is 4.38. The topological polar surface area (TPSA) is 93.5 Å². The van der Waals surface area contributed by atoms with Crippen molar-refractivity contribution in [3.63, 3.8) is 0 Å². The van der Waals surface area contributed by atoms with Crippen LogP contribution in [-0.4, -0.2) is 33.9 Å². The van der Waals surface area contributed by atoms with Crippen LogP contribution in [0.3, 0.4) is 0 Å². The van der Waals surface area contributed by atoms with Gasteiger partial charge < -0.3 is 15.2 Å². The third-order valence-electron chi connectivity index (χ3n) is 2.99. The number of rotatable bonds is 5. The molecular weight excluding hydrogens is 274 g/mol. The van der Waals surface area contributed by atoms with Crippen LogP contribution in [0.15, 0.2) is 36.7 Å². The minimum atomic E-state index is -1.08. The first-order chi connectivity index (χ1) is 10.0. The Bertz CT molecular complexity index is 666. The average molecular weight is 289 g/mol. The van der Waals surface area contributed by atoms with Crippen molar-refractivity contribution in [1.29, 1.82) is 0 Å². The van der Waals surface area contributed by atoms with Crippen molar-refractivity contribution in [2.75, 3.05) is 12.4 Å². The standard InChI is InChI=1S/C14H15N3O4/c1-9(17-8-10(7-15-17)14(19)20)13(18)16-11-5-3-4-6-12(11)21-2/h3-9H,1-2H3,(H,16,18)(H,19,20). The molecule has 1 aromatic heterocycles. The highest BCUT2D eigenvalue weighted by Crippen LogP contribution is 2.24. The number of amides is 1. The number of nitrogens with zero attached hydrogens (tertiary/aromatic N) is 2. The Hall–Kier alpha value is -2.83. The molecule has 0 aliphatic rings. The number of benzene rings is 1. The second kappa shape index (κ2) is 6.08. The minimum absolute atomic E-state index is 0.0342. The zero-order valence-electron chi connectivity index (χ0n) is 11.6. The number of aromatic carboxylic acids is 1. The monoisotopic (exact) mass is 289 g/mol. The van der Waals surface area contributed by atoms with Gasteiger partial charge in [0.25, 0.3) is 0 Å². The fourth-order valence-corrected chi connectivity index (χ4v) is 1.77. The van der Waals surface area contributed by atoms with Crippen LogP contribution >= 0.6 is 0 Å². The van der Waals surface area contributed by atoms with E-state index in [0.29, 0.717) is 11.4 Å². The highest BCUT2D eigenvalue weighted by molar-refractivity contribution is 5.95. The Balaban J connectivity index is 2.13. The van der Waals surface area contributed by atoms with E-state index in [1.165, 1.54) is 24.2 Å². The molecule has 0 aliphatic carbocycles. The highest BCUT2D eigenvalue weighted by atomic mass is 16.5. The summed E-state index contributed by atoms with van der Waals surface area (Å²) in [6.07, 6.45) is 2.52. The SMILES string of the molecule is COc1ccccc1NC(=O)C(C)n1cc(C(=O)O)cn1. The van der Waals surface area contributed by atoms with E-state index in [-0.39, 0.29) is 11.5 Å². The predicted octanol–water partition coefficient (Wildman–Crippen LogP) is 1.79. The van der Waals surface area contributed by atoms with Gasteiger partial charge in [-0.1, -0.05) is 12.1 Å². The number of para-hydroxylation sites is 2. The summed E-state index contributed by atoms with van der Waals surface area (Å²) in [4.78, 5) is 23.0. The van der Waals surface area contributed by atoms with Gasteiger partial charge in [0.05, 0.1) is 24.6 Å². The lowest BCUT2D eigenvalue weighted by Gasteiger charge is -2.14. The molecule has 0 spiro atoms. The van der Waals surface area contributed by atoms with Gasteiger partial charge in [-0.15, -0.1) is 0 Å². The van der Waals surface area contributed by atoms with Crippen LogP contribution in [0.2, 0.25) is 0 Å². The minimum Gasteiger partial charge on any atom is -0.495 e. The van der Waals surface area contributed by atoms with Gasteiger partial charge in [0.2, 0.25) is 5.91 Å². The van der Waals surface area contributed by atoms with Crippen LogP contribution in [0.25, 0.3) is 0 Å². The van der Waals surface area contributed by atoms with Crippen LogP contribution in [0.5, 0.6) is 5.75 Å². The van der Waals surface area contributed by atoms with Crippen molar-refractivity contribution in [2.24, 2.45) is 0 Å². The lowest BCUT2D eigenvalue weighted by molar-refractivity contribution is -0.119. The van der Waals surface area contributed by atoms with Crippen molar-refractivity contribution >= 4 is 17.6 Å². The molecule has 1 atom stereocenters. The maximum Gasteiger partial charge on any atom is 0.338 e. The summed E-state index contributed by atoms with van der Waals surface area (Å²) in [6, 6.07) is 6.37. The number of hydrogen-bond acceptors (Lipinski definition) is 4. The van der Waals surface area contributed by atoms with E-state index in [1.807, 2.05) is 0 Å².